The Hall–Kier alpha value is -1.05. The van der Waals surface area contributed by atoms with E-state index in [1.807, 2.05) is 6.92 Å². The first kappa shape index (κ1) is 11.4. The molecule has 1 saturated carbocycles. The summed E-state index contributed by atoms with van der Waals surface area (Å²) < 4.78 is 0. The molecule has 0 spiro atoms. The molecule has 0 radical (unpaired) electrons. The molecule has 1 N–H and O–H groups in total. The van der Waals surface area contributed by atoms with Gasteiger partial charge >= 0.3 is 0 Å². The van der Waals surface area contributed by atoms with Crippen LogP contribution in [0.1, 0.15) is 44.0 Å². The molecule has 0 bridgehead atoms. The van der Waals surface area contributed by atoms with Crippen LogP contribution in [-0.4, -0.2) is 11.0 Å². The van der Waals surface area contributed by atoms with Crippen molar-refractivity contribution in [1.29, 1.82) is 0 Å². The second kappa shape index (κ2) is 4.86. The lowest BCUT2D eigenvalue weighted by Crippen LogP contribution is -2.24. The van der Waals surface area contributed by atoms with Crippen molar-refractivity contribution >= 4 is 5.69 Å². The zero-order valence-electron chi connectivity index (χ0n) is 10.6. The van der Waals surface area contributed by atoms with E-state index in [1.54, 1.807) is 0 Å². The monoisotopic (exact) mass is 218 g/mol. The molecule has 88 valence electrons. The van der Waals surface area contributed by atoms with Crippen LogP contribution >= 0.6 is 0 Å². The molecule has 0 amide bonds. The molecule has 2 heteroatoms. The summed E-state index contributed by atoms with van der Waals surface area (Å²) in [6.07, 6.45) is 5.57. The zero-order valence-corrected chi connectivity index (χ0v) is 10.6. The molecule has 1 heterocycles. The van der Waals surface area contributed by atoms with Crippen molar-refractivity contribution in [1.82, 2.24) is 4.98 Å². The van der Waals surface area contributed by atoms with E-state index >= 15 is 0 Å². The second-order valence-electron chi connectivity index (χ2n) is 5.06. The van der Waals surface area contributed by atoms with Crippen molar-refractivity contribution in [2.24, 2.45) is 5.92 Å². The van der Waals surface area contributed by atoms with Crippen molar-refractivity contribution < 1.29 is 0 Å². The molecule has 2 nitrogen and oxygen atoms in total. The van der Waals surface area contributed by atoms with Gasteiger partial charge in [-0.2, -0.15) is 0 Å². The Morgan fingerprint density at radius 3 is 2.56 bits per heavy atom. The van der Waals surface area contributed by atoms with Crippen molar-refractivity contribution in [2.75, 3.05) is 5.32 Å². The Bertz CT molecular complexity index is 354. The van der Waals surface area contributed by atoms with E-state index in [2.05, 4.69) is 36.3 Å². The van der Waals surface area contributed by atoms with E-state index in [-0.39, 0.29) is 0 Å². The number of hydrogen-bond acceptors (Lipinski definition) is 2. The molecule has 0 aliphatic heterocycles. The van der Waals surface area contributed by atoms with E-state index in [1.165, 1.54) is 31.4 Å². The van der Waals surface area contributed by atoms with Gasteiger partial charge in [0.2, 0.25) is 0 Å². The molecule has 1 atom stereocenters. The number of nitrogens with zero attached hydrogens (tertiary/aromatic N) is 1. The van der Waals surface area contributed by atoms with Gasteiger partial charge in [0.1, 0.15) is 0 Å². The van der Waals surface area contributed by atoms with Crippen LogP contribution in [0.2, 0.25) is 0 Å². The molecule has 1 aromatic rings. The summed E-state index contributed by atoms with van der Waals surface area (Å²) in [6, 6.07) is 4.81. The number of pyridine rings is 1. The lowest BCUT2D eigenvalue weighted by molar-refractivity contribution is 0.482. The number of anilines is 1. The normalized spacial score (nSPS) is 18.7. The minimum absolute atomic E-state index is 0.575. The molecular weight excluding hydrogens is 196 g/mol. The Balaban J connectivity index is 2.02. The lowest BCUT2D eigenvalue weighted by Gasteiger charge is -2.22. The van der Waals surface area contributed by atoms with Gasteiger partial charge in [-0.25, -0.2) is 0 Å². The fourth-order valence-corrected chi connectivity index (χ4v) is 2.66. The molecule has 1 unspecified atom stereocenters. The average molecular weight is 218 g/mol. The van der Waals surface area contributed by atoms with Crippen molar-refractivity contribution in [2.45, 2.75) is 52.5 Å². The third-order valence-corrected chi connectivity index (χ3v) is 3.72. The van der Waals surface area contributed by atoms with Crippen LogP contribution in [0, 0.1) is 19.8 Å². The quantitative estimate of drug-likeness (QED) is 0.837. The summed E-state index contributed by atoms with van der Waals surface area (Å²) in [5.41, 5.74) is 3.41. The van der Waals surface area contributed by atoms with Crippen LogP contribution in [0.4, 0.5) is 5.69 Å². The van der Waals surface area contributed by atoms with Gasteiger partial charge in [0.15, 0.2) is 0 Å². The minimum atomic E-state index is 0.575. The zero-order chi connectivity index (χ0) is 11.5. The summed E-state index contributed by atoms with van der Waals surface area (Å²) >= 11 is 0. The maximum absolute atomic E-state index is 4.49. The van der Waals surface area contributed by atoms with E-state index in [9.17, 15) is 0 Å². The third kappa shape index (κ3) is 2.55. The Kier molecular flexibility index (Phi) is 3.47. The molecule has 1 aromatic heterocycles. The summed E-state index contributed by atoms with van der Waals surface area (Å²) in [4.78, 5) is 4.49. The van der Waals surface area contributed by atoms with Crippen LogP contribution in [-0.2, 0) is 0 Å². The molecule has 2 rings (SSSR count). The van der Waals surface area contributed by atoms with Gasteiger partial charge in [-0.15, -0.1) is 0 Å². The molecular formula is C14H22N2. The standard InChI is InChI=1S/C14H22N2/c1-10-8-9-14(12(3)15-10)16-11(2)13-6-4-5-7-13/h8-9,11,13,16H,4-7H2,1-3H3. The molecule has 0 aromatic carbocycles. The number of nitrogens with one attached hydrogen (secondary N) is 1. The highest BCUT2D eigenvalue weighted by molar-refractivity contribution is 5.48. The Morgan fingerprint density at radius 2 is 1.94 bits per heavy atom. The maximum Gasteiger partial charge on any atom is 0.0606 e. The van der Waals surface area contributed by atoms with Crippen molar-refractivity contribution in [3.05, 3.63) is 23.5 Å². The highest BCUT2D eigenvalue weighted by atomic mass is 14.9. The van der Waals surface area contributed by atoms with E-state index < -0.39 is 0 Å². The van der Waals surface area contributed by atoms with Gasteiger partial charge in [-0.1, -0.05) is 12.8 Å². The molecule has 1 aliphatic rings. The predicted molar refractivity (Wildman–Crippen MR) is 68.8 cm³/mol. The van der Waals surface area contributed by atoms with Crippen LogP contribution in [0.5, 0.6) is 0 Å². The first-order valence-corrected chi connectivity index (χ1v) is 6.37. The van der Waals surface area contributed by atoms with Crippen molar-refractivity contribution in [3.63, 3.8) is 0 Å². The Morgan fingerprint density at radius 1 is 1.25 bits per heavy atom. The van der Waals surface area contributed by atoms with Gasteiger partial charge in [0, 0.05) is 11.7 Å². The molecule has 0 saturated heterocycles. The summed E-state index contributed by atoms with van der Waals surface area (Å²) in [7, 11) is 0. The smallest absolute Gasteiger partial charge is 0.0606 e. The maximum atomic E-state index is 4.49. The summed E-state index contributed by atoms with van der Waals surface area (Å²) in [5.74, 6) is 0.848. The fourth-order valence-electron chi connectivity index (χ4n) is 2.66. The van der Waals surface area contributed by atoms with Gasteiger partial charge in [-0.3, -0.25) is 4.98 Å². The number of aromatic nitrogens is 1. The van der Waals surface area contributed by atoms with Crippen LogP contribution in [0.3, 0.4) is 0 Å². The Labute approximate surface area is 98.5 Å². The molecule has 16 heavy (non-hydrogen) atoms. The summed E-state index contributed by atoms with van der Waals surface area (Å²) in [5, 5.41) is 3.62. The lowest BCUT2D eigenvalue weighted by atomic mass is 9.99. The number of rotatable bonds is 3. The van der Waals surface area contributed by atoms with Crippen LogP contribution < -0.4 is 5.32 Å². The van der Waals surface area contributed by atoms with E-state index in [0.717, 1.165) is 17.3 Å². The van der Waals surface area contributed by atoms with Crippen LogP contribution in [0.15, 0.2) is 12.1 Å². The van der Waals surface area contributed by atoms with Gasteiger partial charge < -0.3 is 5.32 Å². The van der Waals surface area contributed by atoms with Crippen molar-refractivity contribution in [3.8, 4) is 0 Å². The number of hydrogen-bond donors (Lipinski definition) is 1. The topological polar surface area (TPSA) is 24.9 Å². The highest BCUT2D eigenvalue weighted by Gasteiger charge is 2.21. The molecule has 1 fully saturated rings. The second-order valence-corrected chi connectivity index (χ2v) is 5.06. The third-order valence-electron chi connectivity index (χ3n) is 3.72. The van der Waals surface area contributed by atoms with Gasteiger partial charge in [0.25, 0.3) is 0 Å². The fraction of sp³-hybridized carbons (Fsp3) is 0.643. The first-order chi connectivity index (χ1) is 7.66. The van der Waals surface area contributed by atoms with Gasteiger partial charge in [0.05, 0.1) is 11.4 Å². The molecule has 1 aliphatic carbocycles. The SMILES string of the molecule is Cc1ccc(NC(C)C2CCCC2)c(C)n1. The van der Waals surface area contributed by atoms with E-state index in [0.29, 0.717) is 6.04 Å². The first-order valence-electron chi connectivity index (χ1n) is 6.37. The average Bonchev–Trinajstić information content (AvgIpc) is 2.75. The van der Waals surface area contributed by atoms with Gasteiger partial charge in [-0.05, 0) is 51.7 Å². The predicted octanol–water partition coefficient (Wildman–Crippen LogP) is 3.69. The minimum Gasteiger partial charge on any atom is -0.381 e. The van der Waals surface area contributed by atoms with Crippen LogP contribution in [0.25, 0.3) is 0 Å². The number of aryl methyl sites for hydroxylation is 2. The largest absolute Gasteiger partial charge is 0.381 e. The highest BCUT2D eigenvalue weighted by Crippen LogP contribution is 2.29. The summed E-state index contributed by atoms with van der Waals surface area (Å²) in [6.45, 7) is 6.42. The van der Waals surface area contributed by atoms with E-state index in [4.69, 9.17) is 0 Å².